The lowest BCUT2D eigenvalue weighted by atomic mass is 9.46. The van der Waals surface area contributed by atoms with E-state index in [0.717, 1.165) is 44.1 Å². The maximum absolute atomic E-state index is 14.3. The molecule has 1 heterocycles. The summed E-state index contributed by atoms with van der Waals surface area (Å²) in [5.41, 5.74) is -2.72. The highest BCUT2D eigenvalue weighted by atomic mass is 31.3. The van der Waals surface area contributed by atoms with Gasteiger partial charge in [-0.05, 0) is 68.9 Å². The first-order valence-electron chi connectivity index (χ1n) is 21.0. The number of amides is 1. The quantitative estimate of drug-likeness (QED) is 0.0641. The van der Waals surface area contributed by atoms with E-state index in [0.29, 0.717) is 32.1 Å². The molecule has 5 aliphatic carbocycles. The van der Waals surface area contributed by atoms with Gasteiger partial charge in [0.25, 0.3) is 0 Å². The Hall–Kier alpha value is -2.36. The van der Waals surface area contributed by atoms with Crippen molar-refractivity contribution >= 4 is 39.1 Å². The average molecular weight is 870 g/mol. The normalized spacial score (nSPS) is 38.5. The topological polar surface area (TPSA) is 220 Å². The van der Waals surface area contributed by atoms with Crippen molar-refractivity contribution in [1.82, 2.24) is 5.32 Å². The Labute approximate surface area is 346 Å². The summed E-state index contributed by atoms with van der Waals surface area (Å²) in [7, 11) is -10.7. The minimum absolute atomic E-state index is 0.0546. The number of carbonyl (C=O) groups is 4. The van der Waals surface area contributed by atoms with Crippen LogP contribution in [0.15, 0.2) is 36.5 Å². The fourth-order valence-corrected chi connectivity index (χ4v) is 13.5. The summed E-state index contributed by atoms with van der Waals surface area (Å²) in [4.78, 5) is 73.1. The van der Waals surface area contributed by atoms with E-state index in [9.17, 15) is 38.1 Å². The zero-order valence-electron chi connectivity index (χ0n) is 34.5. The van der Waals surface area contributed by atoms with Crippen molar-refractivity contribution in [3.05, 3.63) is 36.5 Å². The van der Waals surface area contributed by atoms with Gasteiger partial charge >= 0.3 is 21.6 Å². The molecular formula is C41H61NO15P2. The van der Waals surface area contributed by atoms with Crippen LogP contribution in [0.4, 0.5) is 0 Å². The fourth-order valence-electron chi connectivity index (χ4n) is 11.2. The summed E-state index contributed by atoms with van der Waals surface area (Å²) < 4.78 is 66.9. The van der Waals surface area contributed by atoms with Crippen LogP contribution in [0, 0.1) is 34.5 Å². The molecule has 0 aromatic carbocycles. The number of ether oxygens (including phenoxy) is 4. The number of esters is 1. The molecule has 1 saturated heterocycles. The number of hydrogen-bond donors (Lipinski definition) is 3. The van der Waals surface area contributed by atoms with Gasteiger partial charge in [0.15, 0.2) is 24.3 Å². The number of rotatable bonds is 17. The molecule has 0 radical (unpaired) electrons. The first kappa shape index (κ1) is 46.2. The molecule has 5 unspecified atom stereocenters. The summed E-state index contributed by atoms with van der Waals surface area (Å²) in [6.45, 7) is 9.30. The molecule has 16 nitrogen and oxygen atoms in total. The minimum atomic E-state index is -5.42. The number of allylic oxidation sites excluding steroid dienone is 4. The Morgan fingerprint density at radius 2 is 1.80 bits per heavy atom. The van der Waals surface area contributed by atoms with Gasteiger partial charge in [0, 0.05) is 36.1 Å². The monoisotopic (exact) mass is 869 g/mol. The van der Waals surface area contributed by atoms with Gasteiger partial charge < -0.3 is 34.1 Å². The van der Waals surface area contributed by atoms with E-state index in [4.69, 9.17) is 32.3 Å². The molecule has 0 bridgehead atoms. The van der Waals surface area contributed by atoms with Crippen LogP contribution in [0.2, 0.25) is 0 Å². The summed E-state index contributed by atoms with van der Waals surface area (Å²) in [6.07, 6.45) is 12.6. The van der Waals surface area contributed by atoms with Gasteiger partial charge in [-0.15, -0.1) is 6.58 Å². The molecule has 0 aromatic rings. The molecule has 0 aromatic heterocycles. The molecule has 1 amide bonds. The first-order valence-corrected chi connectivity index (χ1v) is 24.0. The van der Waals surface area contributed by atoms with Crippen molar-refractivity contribution in [2.24, 2.45) is 34.5 Å². The predicted molar refractivity (Wildman–Crippen MR) is 212 cm³/mol. The molecule has 0 spiro atoms. The third kappa shape index (κ3) is 9.67. The van der Waals surface area contributed by atoms with Crippen LogP contribution in [0.1, 0.15) is 105 Å². The number of fused-ring (bicyclic) bond motifs is 7. The lowest BCUT2D eigenvalue weighted by Crippen LogP contribution is -2.64. The van der Waals surface area contributed by atoms with Crippen LogP contribution in [-0.2, 0) is 60.6 Å². The van der Waals surface area contributed by atoms with E-state index in [2.05, 4.69) is 11.9 Å². The molecule has 1 aliphatic heterocycles. The highest BCUT2D eigenvalue weighted by Gasteiger charge is 2.76. The van der Waals surface area contributed by atoms with Gasteiger partial charge in [-0.25, -0.2) is 9.13 Å². The van der Waals surface area contributed by atoms with E-state index < -0.39 is 87.4 Å². The Morgan fingerprint density at radius 3 is 2.51 bits per heavy atom. The molecule has 59 heavy (non-hydrogen) atoms. The molecule has 4 saturated carbocycles. The third-order valence-electron chi connectivity index (χ3n) is 13.8. The largest absolute Gasteiger partial charge is 0.481 e. The number of carbonyl (C=O) groups excluding carboxylic acids is 4. The number of nitrogens with one attached hydrogen (secondary N) is 1. The highest BCUT2D eigenvalue weighted by molar-refractivity contribution is 7.61. The molecule has 6 aliphatic rings. The van der Waals surface area contributed by atoms with E-state index >= 15 is 0 Å². The number of hydrogen-bond acceptors (Lipinski definition) is 13. The molecule has 5 fully saturated rings. The highest BCUT2D eigenvalue weighted by Crippen LogP contribution is 2.72. The van der Waals surface area contributed by atoms with E-state index in [1.54, 1.807) is 12.2 Å². The Bertz CT molecular complexity index is 1790. The number of phosphoric acid groups is 2. The zero-order valence-corrected chi connectivity index (χ0v) is 36.3. The Kier molecular flexibility index (Phi) is 14.5. The van der Waals surface area contributed by atoms with Crippen molar-refractivity contribution in [3.63, 3.8) is 0 Å². The second kappa shape index (κ2) is 18.5. The van der Waals surface area contributed by atoms with Gasteiger partial charge in [-0.3, -0.25) is 28.2 Å². The van der Waals surface area contributed by atoms with E-state index in [1.165, 1.54) is 13.0 Å². The van der Waals surface area contributed by atoms with Gasteiger partial charge in [0.2, 0.25) is 11.7 Å². The zero-order chi connectivity index (χ0) is 42.8. The standard InChI is InChI=1S/C41H61NO15P2/c1-6-12-37-54-35-22-31-30-16-15-28-21-29(44)17-18-39(28,4)38(30)33(23-40(31,5)41(35,55-37)34(45)24-51-26(3)43)56-59(49,50)57-58(47,48)53-20-19-42-36(46)25-52-32-14-11-9-8-10-13-27(32)7-2/h7,17-18,21,27,30-33,35,37-38H,2,6,8-16,19-20,22-25H2,1,3-5H3,(H,42,46)(H,47,48)(H,49,50)/t27?,30-,31-,32?,33-,35+,37?,38+,39-,40-,41+/m0/s1. The van der Waals surface area contributed by atoms with Crippen LogP contribution in [0.3, 0.4) is 0 Å². The Balaban J connectivity index is 1.17. The first-order chi connectivity index (χ1) is 27.9. The number of Topliss-reactive ketones (excluding diaryl/α,β-unsaturated/α-hetero) is 1. The van der Waals surface area contributed by atoms with Crippen molar-refractivity contribution in [2.75, 3.05) is 26.4 Å². The van der Waals surface area contributed by atoms with Gasteiger partial charge in [0.1, 0.15) is 6.61 Å². The summed E-state index contributed by atoms with van der Waals surface area (Å²) >= 11 is 0. The maximum Gasteiger partial charge on any atom is 0.481 e. The predicted octanol–water partition coefficient (Wildman–Crippen LogP) is 6.20. The minimum Gasteiger partial charge on any atom is -0.458 e. The van der Waals surface area contributed by atoms with Crippen molar-refractivity contribution in [2.45, 2.75) is 135 Å². The molecular weight excluding hydrogens is 808 g/mol. The molecule has 13 atom stereocenters. The molecule has 6 rings (SSSR count). The lowest BCUT2D eigenvalue weighted by Gasteiger charge is -2.60. The van der Waals surface area contributed by atoms with Crippen molar-refractivity contribution in [3.8, 4) is 0 Å². The van der Waals surface area contributed by atoms with Crippen LogP contribution in [0.5, 0.6) is 0 Å². The van der Waals surface area contributed by atoms with Gasteiger partial charge in [-0.2, -0.15) is 4.31 Å². The van der Waals surface area contributed by atoms with Crippen molar-refractivity contribution < 1.29 is 70.4 Å². The van der Waals surface area contributed by atoms with Gasteiger partial charge in [0.05, 0.1) is 24.9 Å². The fraction of sp³-hybridized carbons (Fsp3) is 0.756. The second-order valence-corrected chi connectivity index (χ2v) is 20.4. The second-order valence-electron chi connectivity index (χ2n) is 17.4. The molecule has 330 valence electrons. The van der Waals surface area contributed by atoms with Crippen LogP contribution < -0.4 is 5.32 Å². The van der Waals surface area contributed by atoms with Crippen molar-refractivity contribution in [1.29, 1.82) is 0 Å². The summed E-state index contributed by atoms with van der Waals surface area (Å²) in [6, 6.07) is 0. The maximum atomic E-state index is 14.3. The number of ketones is 2. The van der Waals surface area contributed by atoms with E-state index in [1.807, 2.05) is 26.8 Å². The van der Waals surface area contributed by atoms with Crippen LogP contribution >= 0.6 is 15.6 Å². The summed E-state index contributed by atoms with van der Waals surface area (Å²) in [5.74, 6) is -2.71. The SMILES string of the molecule is C=CC1CCCCCCC1OCC(=O)NCCOP(=O)(O)OP(=O)(O)O[C@H]1C[C@@]2(C)[C@@H](C[C@H]3OC(CCC)O[C@]32C(=O)COC(C)=O)[C@@H]2CCC3=CC(=O)C=C[C@]3(C)[C@H]21. The molecule has 18 heteroatoms. The third-order valence-corrected chi connectivity index (χ3v) is 16.4. The average Bonchev–Trinajstić information content (AvgIpc) is 3.63. The Morgan fingerprint density at radius 1 is 1.05 bits per heavy atom. The number of phosphoric ester groups is 2. The smallest absolute Gasteiger partial charge is 0.458 e. The van der Waals surface area contributed by atoms with Crippen LogP contribution in [0.25, 0.3) is 0 Å². The van der Waals surface area contributed by atoms with Crippen LogP contribution in [-0.4, -0.2) is 89.8 Å². The van der Waals surface area contributed by atoms with E-state index in [-0.39, 0.29) is 49.2 Å². The molecule has 3 N–H and O–H groups in total. The summed E-state index contributed by atoms with van der Waals surface area (Å²) in [5, 5.41) is 2.55. The van der Waals surface area contributed by atoms with Gasteiger partial charge in [-0.1, -0.05) is 70.6 Å². The lowest BCUT2D eigenvalue weighted by molar-refractivity contribution is -0.200.